The summed E-state index contributed by atoms with van der Waals surface area (Å²) in [5, 5.41) is 18.3. The van der Waals surface area contributed by atoms with E-state index in [9.17, 15) is 9.90 Å². The highest BCUT2D eigenvalue weighted by Crippen LogP contribution is 2.20. The van der Waals surface area contributed by atoms with Gasteiger partial charge in [-0.2, -0.15) is 0 Å². The van der Waals surface area contributed by atoms with Crippen LogP contribution in [0, 0.1) is 6.92 Å². The third-order valence-electron chi connectivity index (χ3n) is 4.01. The molecule has 0 aliphatic heterocycles. The quantitative estimate of drug-likeness (QED) is 0.851. The lowest BCUT2D eigenvalue weighted by Crippen LogP contribution is -2.35. The molecule has 1 aromatic heterocycles. The summed E-state index contributed by atoms with van der Waals surface area (Å²) in [4.78, 5) is 18.4. The number of amides is 1. The summed E-state index contributed by atoms with van der Waals surface area (Å²) in [6.45, 7) is 3.86. The molecule has 0 aliphatic carbocycles. The molecule has 1 aromatic carbocycles. The van der Waals surface area contributed by atoms with Gasteiger partial charge in [-0.3, -0.25) is 9.78 Å². The number of rotatable bonds is 6. The molecule has 1 amide bonds. The van der Waals surface area contributed by atoms with E-state index in [1.165, 1.54) is 10.5 Å². The highest BCUT2D eigenvalue weighted by Gasteiger charge is 2.15. The minimum atomic E-state index is -0.928. The molecule has 128 valence electrons. The number of aromatic nitrogens is 1. The summed E-state index contributed by atoms with van der Waals surface area (Å²) in [6, 6.07) is 11.3. The Morgan fingerprint density at radius 2 is 1.88 bits per heavy atom. The highest BCUT2D eigenvalue weighted by molar-refractivity contribution is 5.94. The van der Waals surface area contributed by atoms with Gasteiger partial charge in [-0.05, 0) is 37.1 Å². The normalized spacial score (nSPS) is 12.0. The van der Waals surface area contributed by atoms with Gasteiger partial charge in [0.25, 0.3) is 5.91 Å². The van der Waals surface area contributed by atoms with Gasteiger partial charge >= 0.3 is 0 Å². The molecule has 0 fully saturated rings. The number of likely N-dealkylation sites (N-methyl/N-ethyl adjacent to an activating group) is 1. The molecule has 0 radical (unpaired) electrons. The zero-order valence-corrected chi connectivity index (χ0v) is 14.4. The van der Waals surface area contributed by atoms with Crippen molar-refractivity contribution in [3.05, 3.63) is 53.2 Å². The Hall–Kier alpha value is -2.24. The number of benzene rings is 1. The van der Waals surface area contributed by atoms with Crippen LogP contribution in [-0.2, 0) is 6.42 Å². The second-order valence-electron chi connectivity index (χ2n) is 5.91. The van der Waals surface area contributed by atoms with E-state index in [0.29, 0.717) is 5.56 Å². The van der Waals surface area contributed by atoms with Gasteiger partial charge in [0.1, 0.15) is 0 Å². The molecular weight excluding hydrogens is 304 g/mol. The van der Waals surface area contributed by atoms with Crippen LogP contribution >= 0.6 is 0 Å². The van der Waals surface area contributed by atoms with Gasteiger partial charge in [-0.15, -0.1) is 0 Å². The average molecular weight is 328 g/mol. The van der Waals surface area contributed by atoms with Crippen LogP contribution in [0.2, 0.25) is 0 Å². The summed E-state index contributed by atoms with van der Waals surface area (Å²) in [7, 11) is 1.60. The summed E-state index contributed by atoms with van der Waals surface area (Å²) >= 11 is 0. The SMILES string of the molecule is CCc1nc(-c2ccc(C(=O)N(C)C[C@@H](O)CO)cc2)ccc1C. The lowest BCUT2D eigenvalue weighted by atomic mass is 10.1. The van der Waals surface area contributed by atoms with Crippen LogP contribution in [0.4, 0.5) is 0 Å². The molecule has 0 bridgehead atoms. The van der Waals surface area contributed by atoms with Gasteiger partial charge in [0.05, 0.1) is 18.4 Å². The Kier molecular flexibility index (Phi) is 6.06. The van der Waals surface area contributed by atoms with Gasteiger partial charge in [0, 0.05) is 30.4 Å². The Morgan fingerprint density at radius 1 is 1.21 bits per heavy atom. The zero-order valence-electron chi connectivity index (χ0n) is 14.4. The fourth-order valence-corrected chi connectivity index (χ4v) is 2.55. The number of carbonyl (C=O) groups is 1. The van der Waals surface area contributed by atoms with E-state index in [4.69, 9.17) is 5.11 Å². The summed E-state index contributed by atoms with van der Waals surface area (Å²) in [6.07, 6.45) is -0.0451. The first kappa shape index (κ1) is 18.1. The molecule has 0 spiro atoms. The lowest BCUT2D eigenvalue weighted by molar-refractivity contribution is 0.0520. The molecule has 0 unspecified atom stereocenters. The maximum atomic E-state index is 12.3. The molecule has 1 heterocycles. The maximum absolute atomic E-state index is 12.3. The zero-order chi connectivity index (χ0) is 17.7. The first-order valence-corrected chi connectivity index (χ1v) is 8.07. The van der Waals surface area contributed by atoms with Crippen molar-refractivity contribution >= 4 is 5.91 Å². The van der Waals surface area contributed by atoms with Crippen molar-refractivity contribution in [2.24, 2.45) is 0 Å². The van der Waals surface area contributed by atoms with Crippen LogP contribution in [0.3, 0.4) is 0 Å². The number of aliphatic hydroxyl groups excluding tert-OH is 2. The second kappa shape index (κ2) is 8.04. The fourth-order valence-electron chi connectivity index (χ4n) is 2.55. The summed E-state index contributed by atoms with van der Waals surface area (Å²) in [5.41, 5.74) is 4.64. The van der Waals surface area contributed by atoms with Crippen molar-refractivity contribution in [1.29, 1.82) is 0 Å². The molecular formula is C19H24N2O3. The third kappa shape index (κ3) is 4.19. The molecule has 0 aliphatic rings. The van der Waals surface area contributed by atoms with Gasteiger partial charge < -0.3 is 15.1 Å². The van der Waals surface area contributed by atoms with E-state index in [-0.39, 0.29) is 19.1 Å². The van der Waals surface area contributed by atoms with Crippen LogP contribution in [0.5, 0.6) is 0 Å². The van der Waals surface area contributed by atoms with Crippen molar-refractivity contribution in [2.75, 3.05) is 20.2 Å². The smallest absolute Gasteiger partial charge is 0.253 e. The highest BCUT2D eigenvalue weighted by atomic mass is 16.3. The van der Waals surface area contributed by atoms with Gasteiger partial charge in [0.15, 0.2) is 0 Å². The predicted molar refractivity (Wildman–Crippen MR) is 93.8 cm³/mol. The molecule has 5 nitrogen and oxygen atoms in total. The van der Waals surface area contributed by atoms with Gasteiger partial charge in [0.2, 0.25) is 0 Å². The maximum Gasteiger partial charge on any atom is 0.253 e. The number of nitrogens with zero attached hydrogens (tertiary/aromatic N) is 2. The standard InChI is InChI=1S/C19H24N2O3/c1-4-17-13(2)5-10-18(20-17)14-6-8-15(9-7-14)19(24)21(3)11-16(23)12-22/h5-10,16,22-23H,4,11-12H2,1-3H3/t16-/m1/s1. The van der Waals surface area contributed by atoms with Crippen molar-refractivity contribution < 1.29 is 15.0 Å². The van der Waals surface area contributed by atoms with E-state index in [1.807, 2.05) is 25.1 Å². The second-order valence-corrected chi connectivity index (χ2v) is 5.91. The van der Waals surface area contributed by atoms with Crippen molar-refractivity contribution in [3.8, 4) is 11.3 Å². The van der Waals surface area contributed by atoms with Gasteiger partial charge in [-0.25, -0.2) is 0 Å². The largest absolute Gasteiger partial charge is 0.394 e. The number of hydrogen-bond donors (Lipinski definition) is 2. The van der Waals surface area contributed by atoms with Crippen LogP contribution in [-0.4, -0.2) is 52.3 Å². The van der Waals surface area contributed by atoms with Crippen LogP contribution in [0.15, 0.2) is 36.4 Å². The Morgan fingerprint density at radius 3 is 2.46 bits per heavy atom. The van der Waals surface area contributed by atoms with Crippen LogP contribution in [0.1, 0.15) is 28.5 Å². The first-order valence-electron chi connectivity index (χ1n) is 8.07. The summed E-state index contributed by atoms with van der Waals surface area (Å²) < 4.78 is 0. The minimum Gasteiger partial charge on any atom is -0.394 e. The van der Waals surface area contributed by atoms with Crippen LogP contribution in [0.25, 0.3) is 11.3 Å². The number of hydrogen-bond acceptors (Lipinski definition) is 4. The Labute approximate surface area is 142 Å². The van der Waals surface area contributed by atoms with Gasteiger partial charge in [-0.1, -0.05) is 25.1 Å². The van der Waals surface area contributed by atoms with E-state index in [0.717, 1.165) is 23.4 Å². The van der Waals surface area contributed by atoms with Crippen molar-refractivity contribution in [2.45, 2.75) is 26.4 Å². The topological polar surface area (TPSA) is 73.7 Å². The molecule has 24 heavy (non-hydrogen) atoms. The third-order valence-corrected chi connectivity index (χ3v) is 4.01. The molecule has 2 aromatic rings. The Bertz CT molecular complexity index is 698. The average Bonchev–Trinajstić information content (AvgIpc) is 2.61. The molecule has 2 N–H and O–H groups in total. The van der Waals surface area contributed by atoms with E-state index < -0.39 is 6.10 Å². The molecule has 2 rings (SSSR count). The summed E-state index contributed by atoms with van der Waals surface area (Å²) in [5.74, 6) is -0.194. The number of aryl methyl sites for hydroxylation is 2. The first-order chi connectivity index (χ1) is 11.5. The number of aliphatic hydroxyl groups is 2. The van der Waals surface area contributed by atoms with Crippen molar-refractivity contribution in [1.82, 2.24) is 9.88 Å². The molecule has 5 heteroatoms. The minimum absolute atomic E-state index is 0.0937. The lowest BCUT2D eigenvalue weighted by Gasteiger charge is -2.19. The van der Waals surface area contributed by atoms with Crippen LogP contribution < -0.4 is 0 Å². The molecule has 0 saturated carbocycles. The van der Waals surface area contributed by atoms with Crippen molar-refractivity contribution in [3.63, 3.8) is 0 Å². The molecule has 0 saturated heterocycles. The van der Waals surface area contributed by atoms with E-state index in [1.54, 1.807) is 19.2 Å². The predicted octanol–water partition coefficient (Wildman–Crippen LogP) is 2.04. The number of pyridine rings is 1. The monoisotopic (exact) mass is 328 g/mol. The number of carbonyl (C=O) groups excluding carboxylic acids is 1. The Balaban J connectivity index is 2.17. The van der Waals surface area contributed by atoms with E-state index >= 15 is 0 Å². The fraction of sp³-hybridized carbons (Fsp3) is 0.368. The van der Waals surface area contributed by atoms with E-state index in [2.05, 4.69) is 18.0 Å². The molecule has 1 atom stereocenters.